The van der Waals surface area contributed by atoms with Crippen LogP contribution in [-0.2, 0) is 4.43 Å². The van der Waals surface area contributed by atoms with Crippen molar-refractivity contribution in [2.45, 2.75) is 39.2 Å². The number of hydrogen-bond acceptors (Lipinski definition) is 1. The molecule has 0 spiro atoms. The molecule has 0 aliphatic carbocycles. The Morgan fingerprint density at radius 3 is 2.22 bits per heavy atom. The molecule has 0 rings (SSSR count). The molecule has 56 valence electrons. The van der Waals surface area contributed by atoms with Gasteiger partial charge in [-0.05, 0) is 11.5 Å². The lowest BCUT2D eigenvalue weighted by Crippen LogP contribution is -2.12. The Kier molecular flexibility index (Phi) is 4.15. The van der Waals surface area contributed by atoms with Crippen LogP contribution in [0.15, 0.2) is 0 Å². The Labute approximate surface area is 60.7 Å². The molecule has 0 bridgehead atoms. The summed E-state index contributed by atoms with van der Waals surface area (Å²) in [6.45, 7) is 9.85. The topological polar surface area (TPSA) is 9.23 Å². The minimum atomic E-state index is -0.261. The van der Waals surface area contributed by atoms with Crippen molar-refractivity contribution in [2.24, 2.45) is 0 Å². The van der Waals surface area contributed by atoms with E-state index in [4.69, 9.17) is 4.43 Å². The molecule has 2 heteroatoms. The van der Waals surface area contributed by atoms with Crippen molar-refractivity contribution in [1.29, 1.82) is 0 Å². The van der Waals surface area contributed by atoms with Crippen LogP contribution in [0.4, 0.5) is 0 Å². The Bertz CT molecular complexity index is 65.8. The molecule has 0 aromatic carbocycles. The third kappa shape index (κ3) is 8.18. The first-order chi connectivity index (χ1) is 4.06. The molecule has 0 saturated heterocycles. The summed E-state index contributed by atoms with van der Waals surface area (Å²) < 4.78 is 5.49. The molecule has 0 radical (unpaired) electrons. The standard InChI is InChI=1S/C7H18OSi/c1-5-6-8-9-7(2,3)4/h5-6,9H2,1-4H3. The summed E-state index contributed by atoms with van der Waals surface area (Å²) in [4.78, 5) is 0. The van der Waals surface area contributed by atoms with Crippen molar-refractivity contribution in [1.82, 2.24) is 0 Å². The third-order valence-electron chi connectivity index (χ3n) is 0.884. The maximum Gasteiger partial charge on any atom is 0.166 e. The van der Waals surface area contributed by atoms with Crippen LogP contribution in [0.5, 0.6) is 0 Å². The van der Waals surface area contributed by atoms with Crippen LogP contribution in [-0.4, -0.2) is 16.4 Å². The number of rotatable bonds is 3. The first kappa shape index (κ1) is 9.18. The summed E-state index contributed by atoms with van der Waals surface area (Å²) >= 11 is 0. The predicted molar refractivity (Wildman–Crippen MR) is 44.5 cm³/mol. The molecule has 1 nitrogen and oxygen atoms in total. The Morgan fingerprint density at radius 1 is 1.33 bits per heavy atom. The first-order valence-electron chi connectivity index (χ1n) is 3.64. The smallest absolute Gasteiger partial charge is 0.166 e. The van der Waals surface area contributed by atoms with E-state index in [9.17, 15) is 0 Å². The van der Waals surface area contributed by atoms with Gasteiger partial charge in [-0.3, -0.25) is 0 Å². The average Bonchev–Trinajstić information content (AvgIpc) is 1.63. The molecule has 0 aliphatic rings. The molecular formula is C7H18OSi. The average molecular weight is 146 g/mol. The monoisotopic (exact) mass is 146 g/mol. The first-order valence-corrected chi connectivity index (χ1v) is 4.92. The van der Waals surface area contributed by atoms with Crippen LogP contribution in [0.3, 0.4) is 0 Å². The molecule has 0 aromatic rings. The second-order valence-corrected chi connectivity index (χ2v) is 6.43. The molecule has 0 aromatic heterocycles. The summed E-state index contributed by atoms with van der Waals surface area (Å²) in [5.41, 5.74) is 0. The SMILES string of the molecule is CCCO[SiH2]C(C)(C)C. The van der Waals surface area contributed by atoms with Crippen molar-refractivity contribution in [3.05, 3.63) is 0 Å². The van der Waals surface area contributed by atoms with Crippen LogP contribution in [0, 0.1) is 0 Å². The van der Waals surface area contributed by atoms with Gasteiger partial charge in [0.15, 0.2) is 9.76 Å². The van der Waals surface area contributed by atoms with E-state index < -0.39 is 0 Å². The molecule has 0 amide bonds. The molecular weight excluding hydrogens is 128 g/mol. The van der Waals surface area contributed by atoms with E-state index in [1.807, 2.05) is 0 Å². The zero-order chi connectivity index (χ0) is 7.33. The number of hydrogen-bond donors (Lipinski definition) is 0. The lowest BCUT2D eigenvalue weighted by molar-refractivity contribution is 0.320. The van der Waals surface area contributed by atoms with E-state index in [1.54, 1.807) is 0 Å². The molecule has 0 atom stereocenters. The van der Waals surface area contributed by atoms with E-state index in [0.29, 0.717) is 5.04 Å². The fourth-order valence-corrected chi connectivity index (χ4v) is 1.57. The van der Waals surface area contributed by atoms with Gasteiger partial charge in [0.05, 0.1) is 0 Å². The van der Waals surface area contributed by atoms with Crippen molar-refractivity contribution in [3.63, 3.8) is 0 Å². The van der Waals surface area contributed by atoms with Gasteiger partial charge >= 0.3 is 0 Å². The molecule has 0 unspecified atom stereocenters. The van der Waals surface area contributed by atoms with Crippen molar-refractivity contribution in [2.75, 3.05) is 6.61 Å². The van der Waals surface area contributed by atoms with Crippen LogP contribution in [0.25, 0.3) is 0 Å². The van der Waals surface area contributed by atoms with Gasteiger partial charge in [0.25, 0.3) is 0 Å². The quantitative estimate of drug-likeness (QED) is 0.435. The van der Waals surface area contributed by atoms with Gasteiger partial charge in [-0.25, -0.2) is 0 Å². The van der Waals surface area contributed by atoms with Crippen LogP contribution >= 0.6 is 0 Å². The van der Waals surface area contributed by atoms with Gasteiger partial charge in [-0.15, -0.1) is 0 Å². The minimum Gasteiger partial charge on any atom is -0.423 e. The third-order valence-corrected chi connectivity index (χ3v) is 2.24. The van der Waals surface area contributed by atoms with Crippen molar-refractivity contribution in [3.8, 4) is 0 Å². The fourth-order valence-electron chi connectivity index (χ4n) is 0.523. The predicted octanol–water partition coefficient (Wildman–Crippen LogP) is 1.72. The Balaban J connectivity index is 3.07. The summed E-state index contributed by atoms with van der Waals surface area (Å²) in [5.74, 6) is 0. The lowest BCUT2D eigenvalue weighted by Gasteiger charge is -2.16. The van der Waals surface area contributed by atoms with E-state index in [-0.39, 0.29) is 9.76 Å². The zero-order valence-corrected chi connectivity index (χ0v) is 8.44. The van der Waals surface area contributed by atoms with Crippen LogP contribution in [0.2, 0.25) is 5.04 Å². The lowest BCUT2D eigenvalue weighted by atomic mass is 10.3. The molecule has 0 N–H and O–H groups in total. The summed E-state index contributed by atoms with van der Waals surface area (Å²) in [6.07, 6.45) is 1.16. The maximum absolute atomic E-state index is 5.49. The molecule has 0 saturated carbocycles. The highest BCUT2D eigenvalue weighted by molar-refractivity contribution is 6.31. The van der Waals surface area contributed by atoms with Crippen LogP contribution in [0.1, 0.15) is 34.1 Å². The van der Waals surface area contributed by atoms with Gasteiger partial charge in [-0.2, -0.15) is 0 Å². The van der Waals surface area contributed by atoms with Crippen molar-refractivity contribution >= 4 is 9.76 Å². The largest absolute Gasteiger partial charge is 0.423 e. The molecule has 9 heavy (non-hydrogen) atoms. The Morgan fingerprint density at radius 2 is 1.89 bits per heavy atom. The van der Waals surface area contributed by atoms with E-state index in [1.165, 1.54) is 0 Å². The van der Waals surface area contributed by atoms with Gasteiger partial charge < -0.3 is 4.43 Å². The summed E-state index contributed by atoms with van der Waals surface area (Å²) in [5, 5.41) is 0.467. The van der Waals surface area contributed by atoms with Gasteiger partial charge in [0.2, 0.25) is 0 Å². The highest BCUT2D eigenvalue weighted by Crippen LogP contribution is 2.19. The molecule has 0 aliphatic heterocycles. The second-order valence-electron chi connectivity index (χ2n) is 3.61. The molecule has 0 heterocycles. The molecule has 0 fully saturated rings. The highest BCUT2D eigenvalue weighted by Gasteiger charge is 2.10. The Hall–Kier alpha value is 0.177. The fraction of sp³-hybridized carbons (Fsp3) is 1.00. The van der Waals surface area contributed by atoms with Gasteiger partial charge in [-0.1, -0.05) is 27.7 Å². The van der Waals surface area contributed by atoms with Crippen LogP contribution < -0.4 is 0 Å². The van der Waals surface area contributed by atoms with E-state index in [0.717, 1.165) is 13.0 Å². The van der Waals surface area contributed by atoms with Gasteiger partial charge in [0.1, 0.15) is 0 Å². The van der Waals surface area contributed by atoms with E-state index >= 15 is 0 Å². The maximum atomic E-state index is 5.49. The summed E-state index contributed by atoms with van der Waals surface area (Å²) in [6, 6.07) is 0. The summed E-state index contributed by atoms with van der Waals surface area (Å²) in [7, 11) is -0.261. The second kappa shape index (κ2) is 4.07. The normalized spacial score (nSPS) is 13.3. The van der Waals surface area contributed by atoms with Gasteiger partial charge in [0, 0.05) is 6.61 Å². The minimum absolute atomic E-state index is 0.261. The van der Waals surface area contributed by atoms with Crippen molar-refractivity contribution < 1.29 is 4.43 Å². The van der Waals surface area contributed by atoms with E-state index in [2.05, 4.69) is 27.7 Å². The zero-order valence-electron chi connectivity index (χ0n) is 7.03. The highest BCUT2D eigenvalue weighted by atomic mass is 28.2.